The van der Waals surface area contributed by atoms with Gasteiger partial charge in [-0.25, -0.2) is 9.78 Å². The quantitative estimate of drug-likeness (QED) is 0.744. The van der Waals surface area contributed by atoms with Crippen LogP contribution in [0.3, 0.4) is 0 Å². The monoisotopic (exact) mass is 377 g/mol. The largest absolute Gasteiger partial charge is 0.336 e. The third kappa shape index (κ3) is 4.17. The number of hydrogen-bond acceptors (Lipinski definition) is 3. The zero-order chi connectivity index (χ0) is 19.3. The molecule has 0 unspecified atom stereocenters. The van der Waals surface area contributed by atoms with Crippen LogP contribution in [-0.2, 0) is 13.1 Å². The zero-order valence-electron chi connectivity index (χ0n) is 16.3. The molecule has 2 amide bonds. The van der Waals surface area contributed by atoms with E-state index in [2.05, 4.69) is 50.1 Å². The van der Waals surface area contributed by atoms with Crippen LogP contribution in [-0.4, -0.2) is 58.1 Å². The summed E-state index contributed by atoms with van der Waals surface area (Å²) in [7, 11) is 0. The Bertz CT molecular complexity index is 929. The molecule has 28 heavy (non-hydrogen) atoms. The summed E-state index contributed by atoms with van der Waals surface area (Å²) in [4.78, 5) is 21.4. The highest BCUT2D eigenvalue weighted by molar-refractivity contribution is 5.76. The standard InChI is InChI=1S/C22H27N5O/c1-18-24-20-9-5-6-10-21(20)27(18)12-11-23-22(28)26-15-13-25(14-16-26)17-19-7-3-2-4-8-19/h2-10H,11-17H2,1H3,(H,23,28). The van der Waals surface area contributed by atoms with Crippen molar-refractivity contribution in [2.24, 2.45) is 0 Å². The predicted octanol–water partition coefficient (Wildman–Crippen LogP) is 2.87. The number of aromatic nitrogens is 2. The molecule has 0 bridgehead atoms. The molecule has 2 heterocycles. The number of rotatable bonds is 5. The Morgan fingerprint density at radius 2 is 1.71 bits per heavy atom. The van der Waals surface area contributed by atoms with E-state index >= 15 is 0 Å². The lowest BCUT2D eigenvalue weighted by Gasteiger charge is -2.34. The third-order valence-electron chi connectivity index (χ3n) is 5.37. The van der Waals surface area contributed by atoms with Gasteiger partial charge in [0.1, 0.15) is 5.82 Å². The SMILES string of the molecule is Cc1nc2ccccc2n1CCNC(=O)N1CCN(Cc2ccccc2)CC1. The van der Waals surface area contributed by atoms with Gasteiger partial charge in [-0.2, -0.15) is 0 Å². The van der Waals surface area contributed by atoms with Crippen LogP contribution in [0.5, 0.6) is 0 Å². The van der Waals surface area contributed by atoms with Crippen molar-refractivity contribution >= 4 is 17.1 Å². The van der Waals surface area contributed by atoms with E-state index in [1.807, 2.05) is 36.1 Å². The molecule has 0 aliphatic carbocycles. The van der Waals surface area contributed by atoms with E-state index in [0.29, 0.717) is 6.54 Å². The molecular weight excluding hydrogens is 350 g/mol. The molecule has 146 valence electrons. The number of hydrogen-bond donors (Lipinski definition) is 1. The molecule has 1 saturated heterocycles. The van der Waals surface area contributed by atoms with Crippen molar-refractivity contribution in [3.8, 4) is 0 Å². The van der Waals surface area contributed by atoms with Gasteiger partial charge in [-0.3, -0.25) is 4.90 Å². The second kappa shape index (κ2) is 8.44. The highest BCUT2D eigenvalue weighted by Gasteiger charge is 2.20. The molecule has 1 aromatic heterocycles. The van der Waals surface area contributed by atoms with E-state index in [4.69, 9.17) is 0 Å². The van der Waals surface area contributed by atoms with Crippen LogP contribution in [0.25, 0.3) is 11.0 Å². The summed E-state index contributed by atoms with van der Waals surface area (Å²) in [6, 6.07) is 18.6. The van der Waals surface area contributed by atoms with Gasteiger partial charge in [0.25, 0.3) is 0 Å². The molecule has 3 aromatic rings. The number of aryl methyl sites for hydroxylation is 1. The molecule has 0 saturated carbocycles. The molecule has 6 heteroatoms. The number of urea groups is 1. The van der Waals surface area contributed by atoms with Gasteiger partial charge in [0, 0.05) is 45.8 Å². The van der Waals surface area contributed by atoms with Crippen LogP contribution < -0.4 is 5.32 Å². The molecule has 1 N–H and O–H groups in total. The number of imidazole rings is 1. The minimum atomic E-state index is 0.0291. The van der Waals surface area contributed by atoms with E-state index in [0.717, 1.165) is 56.1 Å². The smallest absolute Gasteiger partial charge is 0.317 e. The molecule has 1 aliphatic heterocycles. The van der Waals surface area contributed by atoms with Crippen molar-refractivity contribution in [2.75, 3.05) is 32.7 Å². The first-order chi connectivity index (χ1) is 13.7. The molecular formula is C22H27N5O. The highest BCUT2D eigenvalue weighted by atomic mass is 16.2. The molecule has 1 aliphatic rings. The minimum absolute atomic E-state index is 0.0291. The number of carbonyl (C=O) groups excluding carboxylic acids is 1. The van der Waals surface area contributed by atoms with Crippen molar-refractivity contribution < 1.29 is 4.79 Å². The van der Waals surface area contributed by atoms with Gasteiger partial charge in [0.05, 0.1) is 11.0 Å². The molecule has 2 aromatic carbocycles. The number of nitrogens with zero attached hydrogens (tertiary/aromatic N) is 4. The van der Waals surface area contributed by atoms with Gasteiger partial charge in [-0.05, 0) is 24.6 Å². The van der Waals surface area contributed by atoms with Gasteiger partial charge >= 0.3 is 6.03 Å². The number of para-hydroxylation sites is 2. The van der Waals surface area contributed by atoms with Gasteiger partial charge in [0.2, 0.25) is 0 Å². The fourth-order valence-electron chi connectivity index (χ4n) is 3.82. The molecule has 0 atom stereocenters. The average molecular weight is 377 g/mol. The van der Waals surface area contributed by atoms with Crippen molar-refractivity contribution in [1.29, 1.82) is 0 Å². The maximum Gasteiger partial charge on any atom is 0.317 e. The predicted molar refractivity (Wildman–Crippen MR) is 111 cm³/mol. The van der Waals surface area contributed by atoms with Gasteiger partial charge < -0.3 is 14.8 Å². The van der Waals surface area contributed by atoms with Crippen LogP contribution in [0.15, 0.2) is 54.6 Å². The number of fused-ring (bicyclic) bond motifs is 1. The van der Waals surface area contributed by atoms with Gasteiger partial charge in [-0.1, -0.05) is 42.5 Å². The number of nitrogens with one attached hydrogen (secondary N) is 1. The maximum atomic E-state index is 12.5. The number of carbonyl (C=O) groups is 1. The van der Waals surface area contributed by atoms with Crippen LogP contribution in [0.2, 0.25) is 0 Å². The lowest BCUT2D eigenvalue weighted by Crippen LogP contribution is -2.51. The Kier molecular flexibility index (Phi) is 5.58. The first-order valence-electron chi connectivity index (χ1n) is 9.91. The third-order valence-corrected chi connectivity index (χ3v) is 5.37. The second-order valence-electron chi connectivity index (χ2n) is 7.28. The molecule has 4 rings (SSSR count). The molecule has 0 radical (unpaired) electrons. The van der Waals surface area contributed by atoms with Crippen molar-refractivity contribution in [3.63, 3.8) is 0 Å². The summed E-state index contributed by atoms with van der Waals surface area (Å²) < 4.78 is 2.16. The maximum absolute atomic E-state index is 12.5. The zero-order valence-corrected chi connectivity index (χ0v) is 16.3. The summed E-state index contributed by atoms with van der Waals surface area (Å²) in [6.45, 7) is 7.64. The summed E-state index contributed by atoms with van der Waals surface area (Å²) in [6.07, 6.45) is 0. The first kappa shape index (κ1) is 18.5. The topological polar surface area (TPSA) is 53.4 Å². The summed E-state index contributed by atoms with van der Waals surface area (Å²) in [5.41, 5.74) is 3.44. The van der Waals surface area contributed by atoms with Crippen molar-refractivity contribution in [3.05, 3.63) is 66.0 Å². The van der Waals surface area contributed by atoms with Crippen molar-refractivity contribution in [2.45, 2.75) is 20.0 Å². The number of benzene rings is 2. The Morgan fingerprint density at radius 1 is 1.00 bits per heavy atom. The molecule has 0 spiro atoms. The Morgan fingerprint density at radius 3 is 2.50 bits per heavy atom. The van der Waals surface area contributed by atoms with Gasteiger partial charge in [-0.15, -0.1) is 0 Å². The fraction of sp³-hybridized carbons (Fsp3) is 0.364. The van der Waals surface area contributed by atoms with E-state index in [1.165, 1.54) is 5.56 Å². The normalized spacial score (nSPS) is 15.1. The Balaban J connectivity index is 1.24. The lowest BCUT2D eigenvalue weighted by molar-refractivity contribution is 0.135. The van der Waals surface area contributed by atoms with Crippen LogP contribution >= 0.6 is 0 Å². The Hall–Kier alpha value is -2.86. The van der Waals surface area contributed by atoms with E-state index in [-0.39, 0.29) is 6.03 Å². The number of piperazine rings is 1. The van der Waals surface area contributed by atoms with Gasteiger partial charge in [0.15, 0.2) is 0 Å². The number of amides is 2. The molecule has 6 nitrogen and oxygen atoms in total. The average Bonchev–Trinajstić information content (AvgIpc) is 3.04. The van der Waals surface area contributed by atoms with E-state index in [9.17, 15) is 4.79 Å². The van der Waals surface area contributed by atoms with E-state index in [1.54, 1.807) is 0 Å². The van der Waals surface area contributed by atoms with Crippen molar-refractivity contribution in [1.82, 2.24) is 24.7 Å². The van der Waals surface area contributed by atoms with Crippen LogP contribution in [0, 0.1) is 6.92 Å². The van der Waals surface area contributed by atoms with E-state index < -0.39 is 0 Å². The second-order valence-corrected chi connectivity index (χ2v) is 7.28. The summed E-state index contributed by atoms with van der Waals surface area (Å²) in [5, 5.41) is 3.07. The summed E-state index contributed by atoms with van der Waals surface area (Å²) in [5.74, 6) is 0.977. The Labute approximate surface area is 165 Å². The van der Waals surface area contributed by atoms with Crippen LogP contribution in [0.4, 0.5) is 4.79 Å². The van der Waals surface area contributed by atoms with Crippen LogP contribution in [0.1, 0.15) is 11.4 Å². The minimum Gasteiger partial charge on any atom is -0.336 e. The fourth-order valence-corrected chi connectivity index (χ4v) is 3.82. The molecule has 1 fully saturated rings. The first-order valence-corrected chi connectivity index (χ1v) is 9.91. The lowest BCUT2D eigenvalue weighted by atomic mass is 10.2. The highest BCUT2D eigenvalue weighted by Crippen LogP contribution is 2.15. The summed E-state index contributed by atoms with van der Waals surface area (Å²) >= 11 is 0.